The minimum absolute atomic E-state index is 0.0916. The fourth-order valence-corrected chi connectivity index (χ4v) is 4.45. The van der Waals surface area contributed by atoms with Crippen LogP contribution in [0.4, 0.5) is 24.9 Å². The van der Waals surface area contributed by atoms with Gasteiger partial charge >= 0.3 is 6.18 Å². The third-order valence-corrected chi connectivity index (χ3v) is 6.08. The van der Waals surface area contributed by atoms with Gasteiger partial charge in [-0.1, -0.05) is 54.6 Å². The highest BCUT2D eigenvalue weighted by Crippen LogP contribution is 2.33. The number of hydrogen-bond acceptors (Lipinski definition) is 5. The van der Waals surface area contributed by atoms with Gasteiger partial charge in [-0.15, -0.1) is 0 Å². The van der Waals surface area contributed by atoms with Gasteiger partial charge in [-0.2, -0.15) is 13.2 Å². The molecule has 6 nitrogen and oxygen atoms in total. The van der Waals surface area contributed by atoms with Crippen molar-refractivity contribution >= 4 is 21.7 Å². The molecule has 0 saturated heterocycles. The molecule has 1 atom stereocenters. The van der Waals surface area contributed by atoms with Crippen molar-refractivity contribution in [2.24, 2.45) is 5.14 Å². The van der Waals surface area contributed by atoms with Crippen molar-refractivity contribution in [3.8, 4) is 11.3 Å². The molecule has 0 aliphatic heterocycles. The summed E-state index contributed by atoms with van der Waals surface area (Å²) in [5.74, 6) is 0.272. The molecule has 1 aromatic heterocycles. The summed E-state index contributed by atoms with van der Waals surface area (Å²) in [6, 6.07) is 19.8. The molecule has 0 amide bonds. The van der Waals surface area contributed by atoms with Crippen molar-refractivity contribution in [2.45, 2.75) is 11.4 Å². The first kappa shape index (κ1) is 22.6. The van der Waals surface area contributed by atoms with Crippen molar-refractivity contribution in [1.29, 1.82) is 0 Å². The molecule has 10 heteroatoms. The summed E-state index contributed by atoms with van der Waals surface area (Å²) in [6.45, 7) is 0. The van der Waals surface area contributed by atoms with E-state index in [4.69, 9.17) is 9.56 Å². The highest BCUT2D eigenvalue weighted by Gasteiger charge is 2.30. The maximum atomic E-state index is 12.7. The van der Waals surface area contributed by atoms with Crippen molar-refractivity contribution in [1.82, 2.24) is 4.98 Å². The van der Waals surface area contributed by atoms with Crippen molar-refractivity contribution < 1.29 is 26.0 Å². The molecule has 1 unspecified atom stereocenters. The minimum Gasteiger partial charge on any atom is -0.423 e. The third kappa shape index (κ3) is 5.24. The molecule has 33 heavy (non-hydrogen) atoms. The van der Waals surface area contributed by atoms with E-state index in [1.165, 1.54) is 18.3 Å². The number of hydrogen-bond donors (Lipinski definition) is 2. The summed E-state index contributed by atoms with van der Waals surface area (Å²) >= 11 is 0. The molecular formula is C23H18F3N3O3S. The van der Waals surface area contributed by atoms with Gasteiger partial charge in [-0.3, -0.25) is 0 Å². The molecule has 0 saturated carbocycles. The van der Waals surface area contributed by atoms with Gasteiger partial charge in [0, 0.05) is 11.3 Å². The summed E-state index contributed by atoms with van der Waals surface area (Å²) in [7, 11) is -3.95. The molecule has 0 spiro atoms. The standard InChI is InChI=1S/C23H18F3N3O3S/c24-23(25,26)18-11-9-15(10-12-18)20-14-28-22(32-20)29-19-8-4-7-17(13-19)21(33(27,30)31)16-5-2-1-3-6-16/h1-14,21H,(H,28,29)(H2,27,30,31). The van der Waals surface area contributed by atoms with Crippen LogP contribution in [-0.4, -0.2) is 13.4 Å². The number of rotatable bonds is 6. The van der Waals surface area contributed by atoms with Gasteiger partial charge in [0.1, 0.15) is 5.25 Å². The Morgan fingerprint density at radius 1 is 0.909 bits per heavy atom. The first-order chi connectivity index (χ1) is 15.6. The Morgan fingerprint density at radius 3 is 2.21 bits per heavy atom. The number of aromatic nitrogens is 1. The molecule has 170 valence electrons. The molecule has 0 fully saturated rings. The molecule has 0 aliphatic carbocycles. The Hall–Kier alpha value is -3.63. The molecule has 4 rings (SSSR count). The topological polar surface area (TPSA) is 98.2 Å². The highest BCUT2D eigenvalue weighted by atomic mass is 32.2. The van der Waals surface area contributed by atoms with E-state index in [1.807, 2.05) is 0 Å². The van der Waals surface area contributed by atoms with Gasteiger partial charge < -0.3 is 9.73 Å². The number of oxazole rings is 1. The van der Waals surface area contributed by atoms with E-state index >= 15 is 0 Å². The van der Waals surface area contributed by atoms with E-state index in [2.05, 4.69) is 10.3 Å². The van der Waals surface area contributed by atoms with Crippen LogP contribution in [0.25, 0.3) is 11.3 Å². The first-order valence-corrected chi connectivity index (χ1v) is 11.3. The second kappa shape index (κ2) is 8.72. The van der Waals surface area contributed by atoms with Crippen molar-refractivity contribution in [2.75, 3.05) is 5.32 Å². The van der Waals surface area contributed by atoms with Crippen LogP contribution < -0.4 is 10.5 Å². The monoisotopic (exact) mass is 473 g/mol. The Kier molecular flexibility index (Phi) is 5.96. The van der Waals surface area contributed by atoms with Crippen LogP contribution in [0.3, 0.4) is 0 Å². The molecule has 4 aromatic rings. The van der Waals surface area contributed by atoms with Crippen molar-refractivity contribution in [3.63, 3.8) is 0 Å². The smallest absolute Gasteiger partial charge is 0.416 e. The fraction of sp³-hybridized carbons (Fsp3) is 0.0870. The highest BCUT2D eigenvalue weighted by molar-refractivity contribution is 7.89. The summed E-state index contributed by atoms with van der Waals surface area (Å²) in [4.78, 5) is 4.10. The maximum absolute atomic E-state index is 12.7. The number of anilines is 2. The lowest BCUT2D eigenvalue weighted by atomic mass is 10.0. The Balaban J connectivity index is 1.58. The molecular weight excluding hydrogens is 455 g/mol. The zero-order valence-corrected chi connectivity index (χ0v) is 17.8. The summed E-state index contributed by atoms with van der Waals surface area (Å²) in [5, 5.41) is 7.37. The number of halogens is 3. The zero-order chi connectivity index (χ0) is 23.6. The lowest BCUT2D eigenvalue weighted by Crippen LogP contribution is -2.22. The normalized spacial score (nSPS) is 13.0. The van der Waals surface area contributed by atoms with Crippen LogP contribution >= 0.6 is 0 Å². The number of nitrogens with two attached hydrogens (primary N) is 1. The summed E-state index contributed by atoms with van der Waals surface area (Å²) in [6.07, 6.45) is -3.04. The molecule has 0 bridgehead atoms. The molecule has 1 heterocycles. The van der Waals surface area contributed by atoms with E-state index in [-0.39, 0.29) is 11.8 Å². The maximum Gasteiger partial charge on any atom is 0.416 e. The Morgan fingerprint density at radius 2 is 1.58 bits per heavy atom. The largest absolute Gasteiger partial charge is 0.423 e. The average Bonchev–Trinajstić information content (AvgIpc) is 3.22. The molecule has 3 aromatic carbocycles. The quantitative estimate of drug-likeness (QED) is 0.386. The average molecular weight is 473 g/mol. The molecule has 0 aliphatic rings. The number of nitrogens with one attached hydrogen (secondary N) is 1. The van der Waals surface area contributed by atoms with Gasteiger partial charge in [0.15, 0.2) is 5.76 Å². The Bertz CT molecular complexity index is 1350. The van der Waals surface area contributed by atoms with Crippen LogP contribution in [0.2, 0.25) is 0 Å². The Labute approximate surface area is 187 Å². The van der Waals surface area contributed by atoms with Gasteiger partial charge in [0.05, 0.1) is 11.8 Å². The predicted molar refractivity (Wildman–Crippen MR) is 118 cm³/mol. The van der Waals surface area contributed by atoms with Crippen LogP contribution in [0.15, 0.2) is 89.5 Å². The van der Waals surface area contributed by atoms with Crippen LogP contribution in [0, 0.1) is 0 Å². The van der Waals surface area contributed by atoms with Crippen LogP contribution in [0.1, 0.15) is 21.9 Å². The number of sulfonamides is 1. The minimum atomic E-state index is -4.42. The number of alkyl halides is 3. The van der Waals surface area contributed by atoms with Gasteiger partial charge in [-0.25, -0.2) is 18.5 Å². The number of nitrogens with zero attached hydrogens (tertiary/aromatic N) is 1. The summed E-state index contributed by atoms with van der Waals surface area (Å²) in [5.41, 5.74) is 1.14. The second-order valence-electron chi connectivity index (χ2n) is 7.23. The number of primary sulfonamides is 1. The lowest BCUT2D eigenvalue weighted by molar-refractivity contribution is -0.137. The lowest BCUT2D eigenvalue weighted by Gasteiger charge is -2.16. The predicted octanol–water partition coefficient (Wildman–Crippen LogP) is 5.48. The van der Waals surface area contributed by atoms with E-state index in [0.717, 1.165) is 12.1 Å². The SMILES string of the molecule is NS(=O)(=O)C(c1ccccc1)c1cccc(Nc2ncc(-c3ccc(C(F)(F)F)cc3)o2)c1. The van der Waals surface area contributed by atoms with E-state index < -0.39 is 27.0 Å². The van der Waals surface area contributed by atoms with E-state index in [0.29, 0.717) is 22.4 Å². The summed E-state index contributed by atoms with van der Waals surface area (Å²) < 4.78 is 68.5. The third-order valence-electron chi connectivity index (χ3n) is 4.87. The van der Waals surface area contributed by atoms with Crippen LogP contribution in [-0.2, 0) is 16.2 Å². The molecule has 3 N–H and O–H groups in total. The van der Waals surface area contributed by atoms with Gasteiger partial charge in [-0.05, 0) is 35.4 Å². The van der Waals surface area contributed by atoms with Crippen molar-refractivity contribution in [3.05, 3.63) is 102 Å². The van der Waals surface area contributed by atoms with Gasteiger partial charge in [0.25, 0.3) is 6.01 Å². The van der Waals surface area contributed by atoms with E-state index in [1.54, 1.807) is 54.6 Å². The van der Waals surface area contributed by atoms with Crippen LogP contribution in [0.5, 0.6) is 0 Å². The second-order valence-corrected chi connectivity index (χ2v) is 8.88. The first-order valence-electron chi connectivity index (χ1n) is 9.68. The molecule has 0 radical (unpaired) electrons. The van der Waals surface area contributed by atoms with Gasteiger partial charge in [0.2, 0.25) is 10.0 Å². The zero-order valence-electron chi connectivity index (χ0n) is 17.0. The fourth-order valence-electron chi connectivity index (χ4n) is 3.39. The number of benzene rings is 3. The van der Waals surface area contributed by atoms with E-state index in [9.17, 15) is 21.6 Å².